The lowest BCUT2D eigenvalue weighted by Gasteiger charge is -2.17. The topological polar surface area (TPSA) is 71.6 Å². The van der Waals surface area contributed by atoms with E-state index in [1.165, 1.54) is 28.8 Å². The summed E-state index contributed by atoms with van der Waals surface area (Å²) in [4.78, 5) is 18.7. The summed E-state index contributed by atoms with van der Waals surface area (Å²) in [6, 6.07) is 11.0. The number of aliphatic imine (C=N–C) groups is 1. The van der Waals surface area contributed by atoms with Crippen LogP contribution in [0.25, 0.3) is 6.08 Å². The number of carbonyl (C=O) groups is 1. The minimum absolute atomic E-state index is 0.105. The minimum Gasteiger partial charge on any atom is -0.425 e. The van der Waals surface area contributed by atoms with Crippen molar-refractivity contribution in [2.75, 3.05) is 4.90 Å². The van der Waals surface area contributed by atoms with Gasteiger partial charge in [0.2, 0.25) is 11.8 Å². The molecule has 0 saturated heterocycles. The Morgan fingerprint density at radius 3 is 2.67 bits per heavy atom. The molecule has 0 atom stereocenters. The van der Waals surface area contributed by atoms with Crippen LogP contribution in [0.2, 0.25) is 10.0 Å². The van der Waals surface area contributed by atoms with Crippen molar-refractivity contribution in [2.45, 2.75) is 12.7 Å². The third-order valence-electron chi connectivity index (χ3n) is 4.06. The van der Waals surface area contributed by atoms with Crippen molar-refractivity contribution in [3.8, 4) is 0 Å². The van der Waals surface area contributed by atoms with Gasteiger partial charge < -0.3 is 4.42 Å². The number of hydrogen-bond donors (Lipinski definition) is 0. The van der Waals surface area contributed by atoms with Crippen LogP contribution in [0.15, 0.2) is 57.6 Å². The first-order valence-corrected chi connectivity index (χ1v) is 10.4. The van der Waals surface area contributed by atoms with E-state index in [0.717, 1.165) is 0 Å². The Hall–Kier alpha value is -2.68. The second kappa shape index (κ2) is 8.59. The third kappa shape index (κ3) is 4.26. The molecule has 4 rings (SSSR count). The molecule has 0 radical (unpaired) electrons. The lowest BCUT2D eigenvalue weighted by atomic mass is 10.2. The van der Waals surface area contributed by atoms with E-state index < -0.39 is 11.7 Å². The van der Waals surface area contributed by atoms with Crippen LogP contribution in [0, 0.1) is 12.7 Å². The van der Waals surface area contributed by atoms with E-state index in [0.29, 0.717) is 32.6 Å². The van der Waals surface area contributed by atoms with E-state index in [1.807, 2.05) is 0 Å². The zero-order valence-corrected chi connectivity index (χ0v) is 17.8. The zero-order chi connectivity index (χ0) is 21.3. The highest BCUT2D eigenvalue weighted by Crippen LogP contribution is 2.32. The number of para-hydroxylation sites is 1. The van der Waals surface area contributed by atoms with Crippen molar-refractivity contribution in [2.24, 2.45) is 4.99 Å². The van der Waals surface area contributed by atoms with Gasteiger partial charge in [-0.3, -0.25) is 9.69 Å². The number of anilines is 1. The van der Waals surface area contributed by atoms with E-state index in [9.17, 15) is 9.18 Å². The molecule has 10 heteroatoms. The molecular weight excluding hydrogens is 450 g/mol. The van der Waals surface area contributed by atoms with Crippen LogP contribution >= 0.6 is 35.0 Å². The van der Waals surface area contributed by atoms with Gasteiger partial charge in [-0.1, -0.05) is 53.2 Å². The Kier molecular flexibility index (Phi) is 5.90. The number of halogens is 3. The third-order valence-corrected chi connectivity index (χ3v) is 5.72. The molecule has 30 heavy (non-hydrogen) atoms. The number of carbonyl (C=O) groups excluding carboxylic acids is 1. The zero-order valence-electron chi connectivity index (χ0n) is 15.5. The maximum atomic E-state index is 14.5. The molecule has 0 saturated carbocycles. The second-order valence-corrected chi connectivity index (χ2v) is 7.95. The van der Waals surface area contributed by atoms with Gasteiger partial charge >= 0.3 is 0 Å². The Balaban J connectivity index is 1.70. The molecular formula is C20H13Cl2FN4O2S. The molecule has 0 unspecified atom stereocenters. The largest absolute Gasteiger partial charge is 0.425 e. The molecule has 152 valence electrons. The number of hydrogen-bond acceptors (Lipinski definition) is 6. The van der Waals surface area contributed by atoms with Gasteiger partial charge in [-0.05, 0) is 35.9 Å². The fourth-order valence-corrected chi connectivity index (χ4v) is 3.87. The van der Waals surface area contributed by atoms with Crippen molar-refractivity contribution in [1.82, 2.24) is 10.2 Å². The molecule has 6 nitrogen and oxygen atoms in total. The second-order valence-electron chi connectivity index (χ2n) is 6.19. The van der Waals surface area contributed by atoms with Gasteiger partial charge in [0.05, 0.1) is 21.5 Å². The number of benzene rings is 2. The number of amidine groups is 1. The molecule has 2 heterocycles. The lowest BCUT2D eigenvalue weighted by Crippen LogP contribution is -2.31. The molecule has 0 bridgehead atoms. The van der Waals surface area contributed by atoms with Crippen LogP contribution in [0.4, 0.5) is 10.1 Å². The number of thioether (sulfide) groups is 1. The van der Waals surface area contributed by atoms with Gasteiger partial charge in [-0.25, -0.2) is 9.38 Å². The summed E-state index contributed by atoms with van der Waals surface area (Å²) >= 11 is 13.2. The molecule has 0 fully saturated rings. The molecule has 0 spiro atoms. The Labute approximate surface area is 185 Å². The Morgan fingerprint density at radius 1 is 1.17 bits per heavy atom. The fourth-order valence-electron chi connectivity index (χ4n) is 2.72. The van der Waals surface area contributed by atoms with Crippen LogP contribution < -0.4 is 4.90 Å². The van der Waals surface area contributed by atoms with Gasteiger partial charge in [0.25, 0.3) is 5.91 Å². The van der Waals surface area contributed by atoms with E-state index in [4.69, 9.17) is 27.6 Å². The smallest absolute Gasteiger partial charge is 0.283 e. The van der Waals surface area contributed by atoms with E-state index in [-0.39, 0.29) is 17.1 Å². The average molecular weight is 463 g/mol. The van der Waals surface area contributed by atoms with Gasteiger partial charge in [0.15, 0.2) is 5.17 Å². The quantitative estimate of drug-likeness (QED) is 0.478. The number of nitrogens with zero attached hydrogens (tertiary/aromatic N) is 4. The van der Waals surface area contributed by atoms with Crippen LogP contribution in [-0.4, -0.2) is 21.3 Å². The van der Waals surface area contributed by atoms with Gasteiger partial charge in [-0.2, -0.15) is 0 Å². The maximum absolute atomic E-state index is 14.5. The fraction of sp³-hybridized carbons (Fsp3) is 0.100. The van der Waals surface area contributed by atoms with Crippen molar-refractivity contribution < 1.29 is 13.6 Å². The van der Waals surface area contributed by atoms with Crippen LogP contribution in [0.5, 0.6) is 0 Å². The highest BCUT2D eigenvalue weighted by atomic mass is 35.5. The van der Waals surface area contributed by atoms with Gasteiger partial charge in [0.1, 0.15) is 11.5 Å². The number of aryl methyl sites for hydroxylation is 1. The molecule has 3 aromatic rings. The lowest BCUT2D eigenvalue weighted by molar-refractivity contribution is -0.113. The summed E-state index contributed by atoms with van der Waals surface area (Å²) in [5.41, 5.74) is 0.887. The molecule has 1 amide bonds. The number of aromatic nitrogens is 2. The summed E-state index contributed by atoms with van der Waals surface area (Å²) < 4.78 is 19.8. The van der Waals surface area contributed by atoms with Crippen molar-refractivity contribution >= 4 is 57.8 Å². The van der Waals surface area contributed by atoms with E-state index in [2.05, 4.69) is 15.2 Å². The summed E-state index contributed by atoms with van der Waals surface area (Å²) in [5, 5.41) is 8.77. The minimum atomic E-state index is -0.538. The predicted octanol–water partition coefficient (Wildman–Crippen LogP) is 5.50. The Morgan fingerprint density at radius 2 is 1.97 bits per heavy atom. The predicted molar refractivity (Wildman–Crippen MR) is 116 cm³/mol. The van der Waals surface area contributed by atoms with Crippen molar-refractivity contribution in [3.63, 3.8) is 0 Å². The maximum Gasteiger partial charge on any atom is 0.283 e. The number of amides is 1. The summed E-state index contributed by atoms with van der Waals surface area (Å²) in [6.45, 7) is 1.68. The average Bonchev–Trinajstić information content (AvgIpc) is 3.27. The van der Waals surface area contributed by atoms with E-state index >= 15 is 0 Å². The van der Waals surface area contributed by atoms with Crippen LogP contribution in [0.1, 0.15) is 17.3 Å². The molecule has 2 aromatic carbocycles. The monoisotopic (exact) mass is 462 g/mol. The van der Waals surface area contributed by atoms with Crippen LogP contribution in [0.3, 0.4) is 0 Å². The highest BCUT2D eigenvalue weighted by Gasteiger charge is 2.33. The molecule has 1 aliphatic rings. The van der Waals surface area contributed by atoms with E-state index in [1.54, 1.807) is 43.3 Å². The summed E-state index contributed by atoms with van der Waals surface area (Å²) in [7, 11) is 0. The summed E-state index contributed by atoms with van der Waals surface area (Å²) in [6.07, 6.45) is 1.57. The van der Waals surface area contributed by atoms with Gasteiger partial charge in [0, 0.05) is 6.92 Å². The Bertz CT molecular complexity index is 1200. The first kappa shape index (κ1) is 20.6. The molecule has 1 aromatic heterocycles. The van der Waals surface area contributed by atoms with Crippen molar-refractivity contribution in [3.05, 3.63) is 81.4 Å². The van der Waals surface area contributed by atoms with Gasteiger partial charge in [-0.15, -0.1) is 10.2 Å². The highest BCUT2D eigenvalue weighted by molar-refractivity contribution is 8.13. The normalized spacial score (nSPS) is 15.2. The van der Waals surface area contributed by atoms with Crippen molar-refractivity contribution in [1.29, 1.82) is 0 Å². The standard InChI is InChI=1S/C20H13Cl2FN4O2S/c1-11-25-26-18(29-11)10-30-20-24-16(9-12-6-7-13(21)14(22)8-12)19(28)27(20)17-5-3-2-4-15(17)23/h2-9H,10H2,1H3/b16-9-. The summed E-state index contributed by atoms with van der Waals surface area (Å²) in [5.74, 6) is 0.0843. The molecule has 0 aliphatic carbocycles. The molecule has 0 N–H and O–H groups in total. The van der Waals surface area contributed by atoms with Crippen LogP contribution in [-0.2, 0) is 10.5 Å². The SMILES string of the molecule is Cc1nnc(CSC2=N/C(=C\c3ccc(Cl)c(Cl)c3)C(=O)N2c2ccccc2F)o1. The first-order valence-electron chi connectivity index (χ1n) is 8.68. The molecule has 1 aliphatic heterocycles. The number of rotatable bonds is 4. The first-order chi connectivity index (χ1) is 14.4.